The summed E-state index contributed by atoms with van der Waals surface area (Å²) in [5.74, 6) is 0. The van der Waals surface area contributed by atoms with Crippen molar-refractivity contribution in [3.8, 4) is 33.4 Å². The standard InChI is InChI=1S/C28H26/c1-4-22-18-26(14-16-28(22)27-15-13-20(2)17-21(27)3)25-12-8-11-24(19-25)23-9-6-5-7-10-23/h5-19H,4H2,1-3H3. The van der Waals surface area contributed by atoms with Gasteiger partial charge in [0.25, 0.3) is 0 Å². The fourth-order valence-electron chi connectivity index (χ4n) is 3.95. The zero-order valence-electron chi connectivity index (χ0n) is 16.9. The van der Waals surface area contributed by atoms with Crippen molar-refractivity contribution in [3.05, 3.63) is 108 Å². The van der Waals surface area contributed by atoms with Crippen LogP contribution in [0.2, 0.25) is 0 Å². The van der Waals surface area contributed by atoms with Gasteiger partial charge in [0.15, 0.2) is 0 Å². The highest BCUT2D eigenvalue weighted by molar-refractivity contribution is 5.78. The number of hydrogen-bond acceptors (Lipinski definition) is 0. The van der Waals surface area contributed by atoms with E-state index in [0.29, 0.717) is 0 Å². The first-order valence-corrected chi connectivity index (χ1v) is 10.0. The minimum Gasteiger partial charge on any atom is -0.0622 e. The second-order valence-corrected chi connectivity index (χ2v) is 7.49. The lowest BCUT2D eigenvalue weighted by atomic mass is 9.90. The van der Waals surface area contributed by atoms with Gasteiger partial charge in [-0.15, -0.1) is 0 Å². The van der Waals surface area contributed by atoms with Crippen LogP contribution in [0.3, 0.4) is 0 Å². The minimum absolute atomic E-state index is 1.02. The normalized spacial score (nSPS) is 10.8. The molecule has 0 heteroatoms. The van der Waals surface area contributed by atoms with Crippen molar-refractivity contribution < 1.29 is 0 Å². The molecule has 0 saturated heterocycles. The monoisotopic (exact) mass is 362 g/mol. The molecule has 4 rings (SSSR count). The lowest BCUT2D eigenvalue weighted by molar-refractivity contribution is 1.14. The van der Waals surface area contributed by atoms with Crippen LogP contribution in [0.15, 0.2) is 91.0 Å². The van der Waals surface area contributed by atoms with Gasteiger partial charge in [-0.05, 0) is 70.8 Å². The molecule has 4 aromatic carbocycles. The van der Waals surface area contributed by atoms with Crippen LogP contribution in [0, 0.1) is 13.8 Å². The molecule has 28 heavy (non-hydrogen) atoms. The van der Waals surface area contributed by atoms with E-state index < -0.39 is 0 Å². The van der Waals surface area contributed by atoms with Crippen molar-refractivity contribution in [1.29, 1.82) is 0 Å². The molecule has 0 atom stereocenters. The molecule has 0 bridgehead atoms. The number of rotatable bonds is 4. The van der Waals surface area contributed by atoms with Gasteiger partial charge in [-0.2, -0.15) is 0 Å². The van der Waals surface area contributed by atoms with E-state index >= 15 is 0 Å². The van der Waals surface area contributed by atoms with E-state index in [1.807, 2.05) is 0 Å². The maximum absolute atomic E-state index is 2.36. The van der Waals surface area contributed by atoms with E-state index in [2.05, 4.69) is 112 Å². The van der Waals surface area contributed by atoms with E-state index in [1.54, 1.807) is 0 Å². The molecule has 0 amide bonds. The molecule has 0 heterocycles. The van der Waals surface area contributed by atoms with E-state index in [4.69, 9.17) is 0 Å². The van der Waals surface area contributed by atoms with Crippen molar-refractivity contribution in [2.24, 2.45) is 0 Å². The lowest BCUT2D eigenvalue weighted by Crippen LogP contribution is -1.92. The van der Waals surface area contributed by atoms with Gasteiger partial charge in [0.1, 0.15) is 0 Å². The topological polar surface area (TPSA) is 0 Å². The maximum Gasteiger partial charge on any atom is -0.0149 e. The zero-order valence-corrected chi connectivity index (χ0v) is 16.9. The molecule has 4 aromatic rings. The van der Waals surface area contributed by atoms with Gasteiger partial charge in [0.2, 0.25) is 0 Å². The van der Waals surface area contributed by atoms with E-state index in [9.17, 15) is 0 Å². The van der Waals surface area contributed by atoms with Gasteiger partial charge >= 0.3 is 0 Å². The first-order chi connectivity index (χ1) is 13.7. The van der Waals surface area contributed by atoms with Gasteiger partial charge < -0.3 is 0 Å². The molecule has 0 aliphatic rings. The van der Waals surface area contributed by atoms with Crippen LogP contribution in [-0.2, 0) is 6.42 Å². The van der Waals surface area contributed by atoms with E-state index in [-0.39, 0.29) is 0 Å². The highest BCUT2D eigenvalue weighted by Crippen LogP contribution is 2.33. The molecule has 0 fully saturated rings. The highest BCUT2D eigenvalue weighted by atomic mass is 14.1. The molecule has 0 N–H and O–H groups in total. The summed E-state index contributed by atoms with van der Waals surface area (Å²) in [6, 6.07) is 33.1. The Morgan fingerprint density at radius 1 is 0.536 bits per heavy atom. The molecule has 0 aromatic heterocycles. The Morgan fingerprint density at radius 2 is 1.18 bits per heavy atom. The summed E-state index contributed by atoms with van der Waals surface area (Å²) in [5.41, 5.74) is 11.8. The third-order valence-electron chi connectivity index (χ3n) is 5.46. The van der Waals surface area contributed by atoms with Gasteiger partial charge in [-0.3, -0.25) is 0 Å². The largest absolute Gasteiger partial charge is 0.0622 e. The molecule has 0 unspecified atom stereocenters. The Kier molecular flexibility index (Phi) is 5.12. The predicted octanol–water partition coefficient (Wildman–Crippen LogP) is 7.87. The Labute approximate surface area is 168 Å². The maximum atomic E-state index is 2.36. The van der Waals surface area contributed by atoms with Crippen molar-refractivity contribution >= 4 is 0 Å². The summed E-state index contributed by atoms with van der Waals surface area (Å²) >= 11 is 0. The summed E-state index contributed by atoms with van der Waals surface area (Å²) in [7, 11) is 0. The van der Waals surface area contributed by atoms with Gasteiger partial charge in [-0.25, -0.2) is 0 Å². The first-order valence-electron chi connectivity index (χ1n) is 10.0. The summed E-state index contributed by atoms with van der Waals surface area (Å²) < 4.78 is 0. The van der Waals surface area contributed by atoms with Crippen molar-refractivity contribution in [2.45, 2.75) is 27.2 Å². The van der Waals surface area contributed by atoms with Gasteiger partial charge in [0, 0.05) is 0 Å². The molecule has 138 valence electrons. The van der Waals surface area contributed by atoms with Crippen LogP contribution >= 0.6 is 0 Å². The Balaban J connectivity index is 1.76. The van der Waals surface area contributed by atoms with Crippen molar-refractivity contribution in [3.63, 3.8) is 0 Å². The van der Waals surface area contributed by atoms with Crippen LogP contribution in [0.25, 0.3) is 33.4 Å². The first kappa shape index (κ1) is 18.3. The quantitative estimate of drug-likeness (QED) is 0.346. The fraction of sp³-hybridized carbons (Fsp3) is 0.143. The second-order valence-electron chi connectivity index (χ2n) is 7.49. The summed E-state index contributed by atoms with van der Waals surface area (Å²) in [4.78, 5) is 0. The summed E-state index contributed by atoms with van der Waals surface area (Å²) in [6.45, 7) is 6.60. The van der Waals surface area contributed by atoms with Crippen LogP contribution in [-0.4, -0.2) is 0 Å². The van der Waals surface area contributed by atoms with Crippen molar-refractivity contribution in [2.75, 3.05) is 0 Å². The third kappa shape index (κ3) is 3.64. The molecule has 0 aliphatic carbocycles. The molecule has 0 spiro atoms. The molecule has 0 aliphatic heterocycles. The van der Waals surface area contributed by atoms with Crippen LogP contribution in [0.5, 0.6) is 0 Å². The number of benzene rings is 4. The van der Waals surface area contributed by atoms with Crippen LogP contribution in [0.4, 0.5) is 0 Å². The van der Waals surface area contributed by atoms with Crippen molar-refractivity contribution in [1.82, 2.24) is 0 Å². The molecular weight excluding hydrogens is 336 g/mol. The molecular formula is C28H26. The Hall–Kier alpha value is -3.12. The second kappa shape index (κ2) is 7.86. The smallest absolute Gasteiger partial charge is 0.0149 e. The third-order valence-corrected chi connectivity index (χ3v) is 5.46. The molecule has 0 radical (unpaired) electrons. The van der Waals surface area contributed by atoms with Gasteiger partial charge in [0.05, 0.1) is 0 Å². The summed E-state index contributed by atoms with van der Waals surface area (Å²) in [6.07, 6.45) is 1.02. The Bertz CT molecular complexity index is 1100. The summed E-state index contributed by atoms with van der Waals surface area (Å²) in [5, 5.41) is 0. The zero-order chi connectivity index (χ0) is 19.5. The van der Waals surface area contributed by atoms with Gasteiger partial charge in [-0.1, -0.05) is 97.4 Å². The average Bonchev–Trinajstić information content (AvgIpc) is 2.74. The number of aryl methyl sites for hydroxylation is 3. The van der Waals surface area contributed by atoms with Crippen LogP contribution < -0.4 is 0 Å². The SMILES string of the molecule is CCc1cc(-c2cccc(-c3ccccc3)c2)ccc1-c1ccc(C)cc1C. The molecule has 0 saturated carbocycles. The fourth-order valence-corrected chi connectivity index (χ4v) is 3.95. The van der Waals surface area contributed by atoms with E-state index in [0.717, 1.165) is 6.42 Å². The van der Waals surface area contributed by atoms with Crippen LogP contribution in [0.1, 0.15) is 23.6 Å². The Morgan fingerprint density at radius 3 is 1.89 bits per heavy atom. The minimum atomic E-state index is 1.02. The number of hydrogen-bond donors (Lipinski definition) is 0. The lowest BCUT2D eigenvalue weighted by Gasteiger charge is -2.14. The van der Waals surface area contributed by atoms with E-state index in [1.165, 1.54) is 50.1 Å². The average molecular weight is 363 g/mol. The highest BCUT2D eigenvalue weighted by Gasteiger charge is 2.09. The molecule has 0 nitrogen and oxygen atoms in total. The predicted molar refractivity (Wildman–Crippen MR) is 122 cm³/mol.